The summed E-state index contributed by atoms with van der Waals surface area (Å²) in [6.07, 6.45) is 3.17. The number of benzene rings is 2. The van der Waals surface area contributed by atoms with Gasteiger partial charge in [-0.1, -0.05) is 11.6 Å². The Morgan fingerprint density at radius 3 is 2.74 bits per heavy atom. The second kappa shape index (κ2) is 8.46. The summed E-state index contributed by atoms with van der Waals surface area (Å²) >= 11 is 6.11. The fourth-order valence-electron chi connectivity index (χ4n) is 2.34. The van der Waals surface area contributed by atoms with E-state index in [9.17, 15) is 9.59 Å². The molecule has 140 valence electrons. The molecule has 0 aliphatic carbocycles. The van der Waals surface area contributed by atoms with Gasteiger partial charge >= 0.3 is 0 Å². The molecule has 3 N–H and O–H groups in total. The van der Waals surface area contributed by atoms with E-state index in [4.69, 9.17) is 31.5 Å². The fraction of sp³-hybridized carbons (Fsp3) is 0.158. The standard InChI is InChI=1S/C19H17ClN2O5/c20-15-9-12(10-16-19(15)27-11-26-16)1-6-18(24)22-13-2-4-14(5-3-13)25-8-7-17(21)23/h1-6,9-10H,7-8,11H2,(H2,21,23)(H,22,24). The number of hydrogen-bond donors (Lipinski definition) is 2. The predicted molar refractivity (Wildman–Crippen MR) is 101 cm³/mol. The lowest BCUT2D eigenvalue weighted by atomic mass is 10.2. The first-order valence-corrected chi connectivity index (χ1v) is 8.48. The fourth-order valence-corrected chi connectivity index (χ4v) is 2.62. The molecular formula is C19H17ClN2O5. The van der Waals surface area contributed by atoms with Crippen LogP contribution in [0.3, 0.4) is 0 Å². The number of nitrogens with one attached hydrogen (secondary N) is 1. The number of rotatable bonds is 7. The number of fused-ring (bicyclic) bond motifs is 1. The number of halogens is 1. The van der Waals surface area contributed by atoms with Gasteiger partial charge in [-0.3, -0.25) is 9.59 Å². The molecule has 0 bridgehead atoms. The van der Waals surface area contributed by atoms with Crippen LogP contribution in [-0.4, -0.2) is 25.2 Å². The molecule has 0 fully saturated rings. The number of nitrogens with two attached hydrogens (primary N) is 1. The molecule has 1 aliphatic rings. The first kappa shape index (κ1) is 18.6. The third-order valence-electron chi connectivity index (χ3n) is 3.62. The number of amides is 2. The van der Waals surface area contributed by atoms with Crippen molar-refractivity contribution >= 4 is 35.2 Å². The van der Waals surface area contributed by atoms with E-state index >= 15 is 0 Å². The van der Waals surface area contributed by atoms with Gasteiger partial charge in [0, 0.05) is 11.8 Å². The summed E-state index contributed by atoms with van der Waals surface area (Å²) in [5, 5.41) is 3.16. The molecule has 0 radical (unpaired) electrons. The van der Waals surface area contributed by atoms with Crippen molar-refractivity contribution in [3.63, 3.8) is 0 Å². The molecule has 3 rings (SSSR count). The van der Waals surface area contributed by atoms with Crippen LogP contribution in [-0.2, 0) is 9.59 Å². The zero-order valence-corrected chi connectivity index (χ0v) is 15.0. The summed E-state index contributed by atoms with van der Waals surface area (Å²) in [4.78, 5) is 22.7. The van der Waals surface area contributed by atoms with Crippen molar-refractivity contribution < 1.29 is 23.8 Å². The van der Waals surface area contributed by atoms with Crippen LogP contribution in [0.4, 0.5) is 5.69 Å². The lowest BCUT2D eigenvalue weighted by Gasteiger charge is -2.06. The van der Waals surface area contributed by atoms with Crippen molar-refractivity contribution in [3.8, 4) is 17.2 Å². The van der Waals surface area contributed by atoms with Gasteiger partial charge in [0.1, 0.15) is 5.75 Å². The molecule has 0 saturated heterocycles. The first-order chi connectivity index (χ1) is 13.0. The highest BCUT2D eigenvalue weighted by atomic mass is 35.5. The van der Waals surface area contributed by atoms with Gasteiger partial charge in [-0.25, -0.2) is 0 Å². The zero-order chi connectivity index (χ0) is 19.2. The Morgan fingerprint density at radius 2 is 2.00 bits per heavy atom. The van der Waals surface area contributed by atoms with Crippen molar-refractivity contribution in [2.24, 2.45) is 5.73 Å². The molecule has 7 nitrogen and oxygen atoms in total. The molecule has 0 saturated carbocycles. The van der Waals surface area contributed by atoms with Crippen LogP contribution in [0.25, 0.3) is 6.08 Å². The normalized spacial score (nSPS) is 12.2. The molecule has 8 heteroatoms. The maximum absolute atomic E-state index is 12.1. The van der Waals surface area contributed by atoms with Crippen LogP contribution in [0.2, 0.25) is 5.02 Å². The van der Waals surface area contributed by atoms with Crippen LogP contribution >= 0.6 is 11.6 Å². The van der Waals surface area contributed by atoms with Gasteiger partial charge in [0.2, 0.25) is 18.6 Å². The van der Waals surface area contributed by atoms with E-state index in [1.807, 2.05) is 0 Å². The largest absolute Gasteiger partial charge is 0.493 e. The first-order valence-electron chi connectivity index (χ1n) is 8.10. The van der Waals surface area contributed by atoms with Gasteiger partial charge in [-0.2, -0.15) is 0 Å². The van der Waals surface area contributed by atoms with Crippen LogP contribution < -0.4 is 25.3 Å². The van der Waals surface area contributed by atoms with E-state index in [-0.39, 0.29) is 25.7 Å². The number of ether oxygens (including phenoxy) is 3. The molecule has 0 aromatic heterocycles. The number of anilines is 1. The van der Waals surface area contributed by atoms with Crippen LogP contribution in [0.5, 0.6) is 17.2 Å². The Kier molecular flexibility index (Phi) is 5.83. The summed E-state index contributed by atoms with van der Waals surface area (Å²) in [7, 11) is 0. The molecule has 0 spiro atoms. The molecule has 1 heterocycles. The van der Waals surface area contributed by atoms with Gasteiger partial charge in [-0.15, -0.1) is 0 Å². The van der Waals surface area contributed by atoms with Crippen LogP contribution in [0, 0.1) is 0 Å². The van der Waals surface area contributed by atoms with Crippen molar-refractivity contribution in [1.29, 1.82) is 0 Å². The van der Waals surface area contributed by atoms with Gasteiger partial charge in [0.05, 0.1) is 18.1 Å². The summed E-state index contributed by atoms with van der Waals surface area (Å²) in [6.45, 7) is 0.340. The van der Waals surface area contributed by atoms with E-state index in [1.54, 1.807) is 42.5 Å². The van der Waals surface area contributed by atoms with Crippen molar-refractivity contribution in [3.05, 3.63) is 53.1 Å². The van der Waals surface area contributed by atoms with Gasteiger partial charge < -0.3 is 25.3 Å². The lowest BCUT2D eigenvalue weighted by Crippen LogP contribution is -2.14. The van der Waals surface area contributed by atoms with Crippen molar-refractivity contribution in [2.45, 2.75) is 6.42 Å². The maximum Gasteiger partial charge on any atom is 0.248 e. The second-order valence-corrected chi connectivity index (χ2v) is 6.06. The van der Waals surface area contributed by atoms with Gasteiger partial charge in [-0.05, 0) is 48.0 Å². The average Bonchev–Trinajstić information content (AvgIpc) is 3.10. The Morgan fingerprint density at radius 1 is 1.22 bits per heavy atom. The number of primary amides is 1. The Hall–Kier alpha value is -3.19. The smallest absolute Gasteiger partial charge is 0.248 e. The Labute approximate surface area is 160 Å². The monoisotopic (exact) mass is 388 g/mol. The molecule has 27 heavy (non-hydrogen) atoms. The third-order valence-corrected chi connectivity index (χ3v) is 3.90. The minimum absolute atomic E-state index is 0.130. The molecule has 0 atom stereocenters. The third kappa shape index (κ3) is 5.15. The molecule has 2 aromatic rings. The maximum atomic E-state index is 12.1. The van der Waals surface area contributed by atoms with E-state index < -0.39 is 5.91 Å². The summed E-state index contributed by atoms with van der Waals surface area (Å²) in [6, 6.07) is 10.2. The van der Waals surface area contributed by atoms with Crippen molar-refractivity contribution in [2.75, 3.05) is 18.7 Å². The highest BCUT2D eigenvalue weighted by Crippen LogP contribution is 2.40. The van der Waals surface area contributed by atoms with Crippen molar-refractivity contribution in [1.82, 2.24) is 0 Å². The quantitative estimate of drug-likeness (QED) is 0.710. The SMILES string of the molecule is NC(=O)CCOc1ccc(NC(=O)C=Cc2cc(Cl)c3c(c2)OCO3)cc1. The van der Waals surface area contributed by atoms with E-state index in [0.717, 1.165) is 5.56 Å². The van der Waals surface area contributed by atoms with Gasteiger partial charge in [0.15, 0.2) is 11.5 Å². The summed E-state index contributed by atoms with van der Waals surface area (Å²) in [5.41, 5.74) is 6.37. The van der Waals surface area contributed by atoms with Gasteiger partial charge in [0.25, 0.3) is 0 Å². The topological polar surface area (TPSA) is 99.9 Å². The molecule has 2 amide bonds. The Bertz CT molecular complexity index is 880. The van der Waals surface area contributed by atoms with Crippen LogP contribution in [0.1, 0.15) is 12.0 Å². The summed E-state index contributed by atoms with van der Waals surface area (Å²) in [5.74, 6) is 0.922. The molecular weight excluding hydrogens is 372 g/mol. The predicted octanol–water partition coefficient (Wildman–Crippen LogP) is 2.97. The highest BCUT2D eigenvalue weighted by molar-refractivity contribution is 6.32. The minimum Gasteiger partial charge on any atom is -0.493 e. The highest BCUT2D eigenvalue weighted by Gasteiger charge is 2.17. The molecule has 0 unspecified atom stereocenters. The minimum atomic E-state index is -0.422. The molecule has 1 aliphatic heterocycles. The summed E-state index contributed by atoms with van der Waals surface area (Å²) < 4.78 is 15.9. The number of hydrogen-bond acceptors (Lipinski definition) is 5. The van der Waals surface area contributed by atoms with E-state index in [1.165, 1.54) is 6.08 Å². The lowest BCUT2D eigenvalue weighted by molar-refractivity contribution is -0.118. The van der Waals surface area contributed by atoms with E-state index in [0.29, 0.717) is 28.0 Å². The average molecular weight is 389 g/mol. The van der Waals surface area contributed by atoms with E-state index in [2.05, 4.69) is 5.32 Å². The Balaban J connectivity index is 1.55. The van der Waals surface area contributed by atoms with Crippen LogP contribution in [0.15, 0.2) is 42.5 Å². The number of carbonyl (C=O) groups excluding carboxylic acids is 2. The zero-order valence-electron chi connectivity index (χ0n) is 14.2. The second-order valence-electron chi connectivity index (χ2n) is 5.65. The molecule has 2 aromatic carbocycles. The number of carbonyl (C=O) groups is 2.